The molecule has 0 aromatic heterocycles. The van der Waals surface area contributed by atoms with Crippen molar-refractivity contribution in [2.45, 2.75) is 37.3 Å². The first kappa shape index (κ1) is 16.0. The number of carboxylic acid groups (broad SMARTS) is 1. The van der Waals surface area contributed by atoms with Gasteiger partial charge in [-0.2, -0.15) is 0 Å². The van der Waals surface area contributed by atoms with E-state index in [0.29, 0.717) is 37.3 Å². The van der Waals surface area contributed by atoms with E-state index in [-0.39, 0.29) is 17.9 Å². The second-order valence-corrected chi connectivity index (χ2v) is 6.38. The summed E-state index contributed by atoms with van der Waals surface area (Å²) in [6.45, 7) is 1.51. The number of aliphatic hydroxyl groups excluding tert-OH is 1. The Balaban J connectivity index is 1.85. The Hall–Kier alpha value is -1.92. The number of rotatable bonds is 3. The van der Waals surface area contributed by atoms with Gasteiger partial charge in [0.25, 0.3) is 5.91 Å². The first-order valence-electron chi connectivity index (χ1n) is 7.89. The summed E-state index contributed by atoms with van der Waals surface area (Å²) in [7, 11) is 0. The van der Waals surface area contributed by atoms with E-state index in [9.17, 15) is 14.7 Å². The molecule has 3 rings (SSSR count). The van der Waals surface area contributed by atoms with Gasteiger partial charge >= 0.3 is 5.97 Å². The zero-order chi connectivity index (χ0) is 16.4. The van der Waals surface area contributed by atoms with Crippen LogP contribution >= 0.6 is 0 Å². The van der Waals surface area contributed by atoms with E-state index in [1.807, 2.05) is 0 Å². The molecule has 23 heavy (non-hydrogen) atoms. The number of aliphatic hydroxyl groups is 1. The predicted molar refractivity (Wildman–Crippen MR) is 82.2 cm³/mol. The lowest BCUT2D eigenvalue weighted by atomic mass is 9.86. The van der Waals surface area contributed by atoms with Gasteiger partial charge in [-0.3, -0.25) is 9.59 Å². The van der Waals surface area contributed by atoms with E-state index in [1.165, 1.54) is 0 Å². The number of ether oxygens (including phenoxy) is 1. The molecule has 124 valence electrons. The fraction of sp³-hybridized carbons (Fsp3) is 0.529. The molecule has 1 atom stereocenters. The molecule has 2 aliphatic rings. The standard InChI is InChI=1S/C17H21NO5/c19-14-10-17(4-6-23-7-5-17)18(11-14)16(22)13-3-1-2-12(8-13)9-15(20)21/h1-3,8,14,19H,4-7,9-11H2,(H,20,21). The van der Waals surface area contributed by atoms with Gasteiger partial charge in [0.15, 0.2) is 0 Å². The molecule has 6 nitrogen and oxygen atoms in total. The van der Waals surface area contributed by atoms with Crippen molar-refractivity contribution in [2.75, 3.05) is 19.8 Å². The van der Waals surface area contributed by atoms with E-state index in [0.717, 1.165) is 12.8 Å². The summed E-state index contributed by atoms with van der Waals surface area (Å²) in [6, 6.07) is 6.74. The van der Waals surface area contributed by atoms with E-state index >= 15 is 0 Å². The highest BCUT2D eigenvalue weighted by Crippen LogP contribution is 2.38. The molecule has 0 bridgehead atoms. The van der Waals surface area contributed by atoms with Crippen LogP contribution in [-0.4, -0.2) is 58.4 Å². The third kappa shape index (κ3) is 3.23. The van der Waals surface area contributed by atoms with Crippen molar-refractivity contribution in [3.8, 4) is 0 Å². The molecule has 0 radical (unpaired) electrons. The molecule has 1 aromatic rings. The van der Waals surface area contributed by atoms with Gasteiger partial charge in [0.2, 0.25) is 0 Å². The molecule has 6 heteroatoms. The lowest BCUT2D eigenvalue weighted by molar-refractivity contribution is -0.136. The minimum absolute atomic E-state index is 0.108. The fourth-order valence-electron chi connectivity index (χ4n) is 3.69. The summed E-state index contributed by atoms with van der Waals surface area (Å²) in [4.78, 5) is 25.5. The van der Waals surface area contributed by atoms with Crippen molar-refractivity contribution in [3.05, 3.63) is 35.4 Å². The quantitative estimate of drug-likeness (QED) is 0.870. The second kappa shape index (κ2) is 6.29. The number of carboxylic acids is 1. The number of nitrogens with zero attached hydrogens (tertiary/aromatic N) is 1. The van der Waals surface area contributed by atoms with Crippen LogP contribution in [0.15, 0.2) is 24.3 Å². The Morgan fingerprint density at radius 2 is 2.04 bits per heavy atom. The number of amides is 1. The molecular formula is C17H21NO5. The highest BCUT2D eigenvalue weighted by atomic mass is 16.5. The summed E-state index contributed by atoms with van der Waals surface area (Å²) in [5.41, 5.74) is 0.741. The number of β-amino-alcohol motifs (C(OH)–C–C–N with tert-alkyl or cyclic N) is 1. The molecule has 2 saturated heterocycles. The molecule has 2 N–H and O–H groups in total. The fourth-order valence-corrected chi connectivity index (χ4v) is 3.69. The molecule has 2 heterocycles. The smallest absolute Gasteiger partial charge is 0.307 e. The van der Waals surface area contributed by atoms with Crippen LogP contribution in [0, 0.1) is 0 Å². The summed E-state index contributed by atoms with van der Waals surface area (Å²) in [5.74, 6) is -1.07. The van der Waals surface area contributed by atoms with Gasteiger partial charge in [-0.1, -0.05) is 12.1 Å². The zero-order valence-electron chi connectivity index (χ0n) is 12.9. The van der Waals surface area contributed by atoms with Crippen molar-refractivity contribution in [1.29, 1.82) is 0 Å². The van der Waals surface area contributed by atoms with Gasteiger partial charge < -0.3 is 19.8 Å². The van der Waals surface area contributed by atoms with Crippen LogP contribution in [0.4, 0.5) is 0 Å². The normalized spacial score (nSPS) is 23.2. The minimum atomic E-state index is -0.924. The molecule has 0 saturated carbocycles. The van der Waals surface area contributed by atoms with Crippen LogP contribution in [0.5, 0.6) is 0 Å². The maximum Gasteiger partial charge on any atom is 0.307 e. The number of carbonyl (C=O) groups excluding carboxylic acids is 1. The van der Waals surface area contributed by atoms with Gasteiger partial charge in [-0.25, -0.2) is 0 Å². The topological polar surface area (TPSA) is 87.1 Å². The van der Waals surface area contributed by atoms with E-state index in [1.54, 1.807) is 29.2 Å². The van der Waals surface area contributed by atoms with E-state index in [2.05, 4.69) is 0 Å². The minimum Gasteiger partial charge on any atom is -0.481 e. The maximum atomic E-state index is 12.9. The molecule has 1 amide bonds. The monoisotopic (exact) mass is 319 g/mol. The molecule has 1 aromatic carbocycles. The molecule has 0 aliphatic carbocycles. The Labute approximate surface area is 134 Å². The van der Waals surface area contributed by atoms with Gasteiger partial charge in [-0.05, 0) is 37.0 Å². The first-order chi connectivity index (χ1) is 11.0. The number of carbonyl (C=O) groups is 2. The Morgan fingerprint density at radius 3 is 2.74 bits per heavy atom. The summed E-state index contributed by atoms with van der Waals surface area (Å²) in [5, 5.41) is 19.0. The van der Waals surface area contributed by atoms with Crippen molar-refractivity contribution >= 4 is 11.9 Å². The van der Waals surface area contributed by atoms with Crippen molar-refractivity contribution in [1.82, 2.24) is 4.90 Å². The van der Waals surface area contributed by atoms with Crippen LogP contribution in [0.2, 0.25) is 0 Å². The highest BCUT2D eigenvalue weighted by Gasteiger charge is 2.48. The lowest BCUT2D eigenvalue weighted by Gasteiger charge is -2.41. The first-order valence-corrected chi connectivity index (χ1v) is 7.89. The SMILES string of the molecule is O=C(O)Cc1cccc(C(=O)N2CC(O)CC23CCOCC3)c1. The average molecular weight is 319 g/mol. The highest BCUT2D eigenvalue weighted by molar-refractivity contribution is 5.95. The summed E-state index contributed by atoms with van der Waals surface area (Å²) < 4.78 is 5.40. The van der Waals surface area contributed by atoms with Crippen molar-refractivity contribution < 1.29 is 24.5 Å². The van der Waals surface area contributed by atoms with E-state index in [4.69, 9.17) is 9.84 Å². The molecule has 2 aliphatic heterocycles. The molecule has 2 fully saturated rings. The van der Waals surface area contributed by atoms with Gasteiger partial charge in [0.05, 0.1) is 18.1 Å². The zero-order valence-corrected chi connectivity index (χ0v) is 12.9. The van der Waals surface area contributed by atoms with Crippen molar-refractivity contribution in [2.24, 2.45) is 0 Å². The lowest BCUT2D eigenvalue weighted by Crippen LogP contribution is -2.50. The van der Waals surface area contributed by atoms with Crippen LogP contribution in [0.3, 0.4) is 0 Å². The third-order valence-electron chi connectivity index (χ3n) is 4.78. The number of hydrogen-bond donors (Lipinski definition) is 2. The maximum absolute atomic E-state index is 12.9. The molecular weight excluding hydrogens is 298 g/mol. The summed E-state index contributed by atoms with van der Waals surface area (Å²) >= 11 is 0. The van der Waals surface area contributed by atoms with Gasteiger partial charge in [-0.15, -0.1) is 0 Å². The Morgan fingerprint density at radius 1 is 1.30 bits per heavy atom. The van der Waals surface area contributed by atoms with Crippen LogP contribution < -0.4 is 0 Å². The van der Waals surface area contributed by atoms with Gasteiger partial charge in [0, 0.05) is 25.3 Å². The second-order valence-electron chi connectivity index (χ2n) is 6.38. The van der Waals surface area contributed by atoms with Crippen molar-refractivity contribution in [3.63, 3.8) is 0 Å². The summed E-state index contributed by atoms with van der Waals surface area (Å²) in [6.07, 6.45) is 1.41. The van der Waals surface area contributed by atoms with Crippen LogP contribution in [0.25, 0.3) is 0 Å². The van der Waals surface area contributed by atoms with Crippen LogP contribution in [0.1, 0.15) is 35.2 Å². The molecule has 1 unspecified atom stereocenters. The Kier molecular flexibility index (Phi) is 4.37. The van der Waals surface area contributed by atoms with E-state index < -0.39 is 12.1 Å². The molecule has 1 spiro atoms. The van der Waals surface area contributed by atoms with Crippen LogP contribution in [-0.2, 0) is 16.0 Å². The third-order valence-corrected chi connectivity index (χ3v) is 4.78. The predicted octanol–water partition coefficient (Wildman–Crippen LogP) is 1.07. The Bertz CT molecular complexity index is 609. The van der Waals surface area contributed by atoms with Gasteiger partial charge in [0.1, 0.15) is 0 Å². The number of likely N-dealkylation sites (tertiary alicyclic amines) is 1. The largest absolute Gasteiger partial charge is 0.481 e. The average Bonchev–Trinajstić information content (AvgIpc) is 2.82. The number of benzene rings is 1. The number of hydrogen-bond acceptors (Lipinski definition) is 4. The number of aliphatic carboxylic acids is 1.